The standard InChI is InChI=1S/C14H21N3O3/c15-13-6-5-11(9-14(13)17(19)20)10-16(7-8-18)12-3-1-2-4-12/h5-6,9,12,18H,1-4,7-8,10,15H2. The van der Waals surface area contributed by atoms with Gasteiger partial charge in [-0.2, -0.15) is 0 Å². The molecule has 0 heterocycles. The molecule has 1 saturated carbocycles. The minimum Gasteiger partial charge on any atom is -0.395 e. The number of benzene rings is 1. The summed E-state index contributed by atoms with van der Waals surface area (Å²) < 4.78 is 0. The van der Waals surface area contributed by atoms with E-state index in [0.29, 0.717) is 19.1 Å². The van der Waals surface area contributed by atoms with Gasteiger partial charge in [0.25, 0.3) is 5.69 Å². The van der Waals surface area contributed by atoms with Gasteiger partial charge < -0.3 is 10.8 Å². The summed E-state index contributed by atoms with van der Waals surface area (Å²) >= 11 is 0. The molecular formula is C14H21N3O3. The molecule has 0 atom stereocenters. The van der Waals surface area contributed by atoms with E-state index in [2.05, 4.69) is 4.90 Å². The maximum absolute atomic E-state index is 10.9. The first-order chi connectivity index (χ1) is 9.61. The molecule has 1 aromatic carbocycles. The highest BCUT2D eigenvalue weighted by atomic mass is 16.6. The Balaban J connectivity index is 2.13. The van der Waals surface area contributed by atoms with E-state index in [1.54, 1.807) is 6.07 Å². The van der Waals surface area contributed by atoms with E-state index in [0.717, 1.165) is 18.4 Å². The van der Waals surface area contributed by atoms with Crippen LogP contribution in [0.1, 0.15) is 31.2 Å². The predicted molar refractivity (Wildman–Crippen MR) is 77.3 cm³/mol. The van der Waals surface area contributed by atoms with E-state index in [1.165, 1.54) is 18.9 Å². The second-order valence-corrected chi connectivity index (χ2v) is 5.28. The Morgan fingerprint density at radius 3 is 2.70 bits per heavy atom. The summed E-state index contributed by atoms with van der Waals surface area (Å²) in [7, 11) is 0. The summed E-state index contributed by atoms with van der Waals surface area (Å²) in [5.74, 6) is 0. The van der Waals surface area contributed by atoms with Gasteiger partial charge in [0.05, 0.1) is 11.5 Å². The van der Waals surface area contributed by atoms with Gasteiger partial charge in [0.15, 0.2) is 0 Å². The lowest BCUT2D eigenvalue weighted by atomic mass is 10.1. The topological polar surface area (TPSA) is 92.6 Å². The number of hydrogen-bond acceptors (Lipinski definition) is 5. The molecule has 20 heavy (non-hydrogen) atoms. The van der Waals surface area contributed by atoms with Crippen LogP contribution in [0.25, 0.3) is 0 Å². The van der Waals surface area contributed by atoms with Crippen LogP contribution < -0.4 is 5.73 Å². The lowest BCUT2D eigenvalue weighted by molar-refractivity contribution is -0.384. The van der Waals surface area contributed by atoms with Gasteiger partial charge >= 0.3 is 0 Å². The highest BCUT2D eigenvalue weighted by Crippen LogP contribution is 2.27. The Morgan fingerprint density at radius 1 is 1.40 bits per heavy atom. The summed E-state index contributed by atoms with van der Waals surface area (Å²) in [4.78, 5) is 12.7. The summed E-state index contributed by atoms with van der Waals surface area (Å²) in [6.45, 7) is 1.32. The highest BCUT2D eigenvalue weighted by Gasteiger charge is 2.23. The summed E-state index contributed by atoms with van der Waals surface area (Å²) in [6.07, 6.45) is 4.71. The molecule has 0 saturated heterocycles. The molecule has 0 bridgehead atoms. The molecule has 6 nitrogen and oxygen atoms in total. The minimum absolute atomic E-state index is 0.0436. The number of aliphatic hydroxyl groups is 1. The predicted octanol–water partition coefficient (Wildman–Crippen LogP) is 1.91. The zero-order valence-electron chi connectivity index (χ0n) is 11.5. The number of nitrogen functional groups attached to an aromatic ring is 1. The van der Waals surface area contributed by atoms with Crippen LogP contribution in [0.2, 0.25) is 0 Å². The van der Waals surface area contributed by atoms with Crippen LogP contribution in [0, 0.1) is 10.1 Å². The molecule has 110 valence electrons. The van der Waals surface area contributed by atoms with E-state index < -0.39 is 4.92 Å². The smallest absolute Gasteiger partial charge is 0.292 e. The Kier molecular flexibility index (Phi) is 4.92. The third kappa shape index (κ3) is 3.46. The van der Waals surface area contributed by atoms with Gasteiger partial charge in [0, 0.05) is 25.2 Å². The second kappa shape index (κ2) is 6.67. The number of aliphatic hydroxyl groups excluding tert-OH is 1. The van der Waals surface area contributed by atoms with Crippen molar-refractivity contribution < 1.29 is 10.0 Å². The summed E-state index contributed by atoms with van der Waals surface area (Å²) in [5, 5.41) is 20.1. The van der Waals surface area contributed by atoms with Crippen LogP contribution in [0.3, 0.4) is 0 Å². The van der Waals surface area contributed by atoms with Crippen molar-refractivity contribution in [3.8, 4) is 0 Å². The number of nitro groups is 1. The molecule has 0 spiro atoms. The third-order valence-corrected chi connectivity index (χ3v) is 3.91. The number of nitrogens with zero attached hydrogens (tertiary/aromatic N) is 2. The van der Waals surface area contributed by atoms with Crippen LogP contribution in [-0.2, 0) is 6.54 Å². The Bertz CT molecular complexity index is 473. The lowest BCUT2D eigenvalue weighted by Gasteiger charge is -2.28. The zero-order chi connectivity index (χ0) is 14.5. The van der Waals surface area contributed by atoms with Crippen LogP contribution in [0.5, 0.6) is 0 Å². The van der Waals surface area contributed by atoms with Gasteiger partial charge in [-0.25, -0.2) is 0 Å². The molecule has 1 aliphatic carbocycles. The Hall–Kier alpha value is -1.66. The van der Waals surface area contributed by atoms with Crippen molar-refractivity contribution in [2.45, 2.75) is 38.3 Å². The number of hydrogen-bond donors (Lipinski definition) is 2. The van der Waals surface area contributed by atoms with Crippen LogP contribution >= 0.6 is 0 Å². The zero-order valence-corrected chi connectivity index (χ0v) is 11.5. The van der Waals surface area contributed by atoms with Crippen molar-refractivity contribution in [2.24, 2.45) is 0 Å². The number of rotatable bonds is 6. The van der Waals surface area contributed by atoms with E-state index >= 15 is 0 Å². The summed E-state index contributed by atoms with van der Waals surface area (Å²) in [6, 6.07) is 5.41. The van der Waals surface area contributed by atoms with Gasteiger partial charge in [-0.15, -0.1) is 0 Å². The molecule has 0 unspecified atom stereocenters. The first kappa shape index (κ1) is 14.7. The van der Waals surface area contributed by atoms with E-state index in [1.807, 2.05) is 6.07 Å². The third-order valence-electron chi connectivity index (χ3n) is 3.91. The quantitative estimate of drug-likeness (QED) is 0.471. The normalized spacial score (nSPS) is 15.9. The molecule has 3 N–H and O–H groups in total. The molecule has 0 radical (unpaired) electrons. The monoisotopic (exact) mass is 279 g/mol. The fourth-order valence-corrected chi connectivity index (χ4v) is 2.87. The SMILES string of the molecule is Nc1ccc(CN(CCO)C2CCCC2)cc1[N+](=O)[O-]. The average Bonchev–Trinajstić information content (AvgIpc) is 2.94. The average molecular weight is 279 g/mol. The van der Waals surface area contributed by atoms with Gasteiger partial charge in [0.1, 0.15) is 5.69 Å². The van der Waals surface area contributed by atoms with Crippen molar-refractivity contribution in [3.05, 3.63) is 33.9 Å². The van der Waals surface area contributed by atoms with Gasteiger partial charge in [0.2, 0.25) is 0 Å². The van der Waals surface area contributed by atoms with Crippen molar-refractivity contribution in [1.29, 1.82) is 0 Å². The minimum atomic E-state index is -0.454. The second-order valence-electron chi connectivity index (χ2n) is 5.28. The van der Waals surface area contributed by atoms with Crippen LogP contribution in [0.15, 0.2) is 18.2 Å². The first-order valence-electron chi connectivity index (χ1n) is 6.99. The van der Waals surface area contributed by atoms with Gasteiger partial charge in [-0.05, 0) is 24.5 Å². The summed E-state index contributed by atoms with van der Waals surface area (Å²) in [5.41, 5.74) is 6.62. The van der Waals surface area contributed by atoms with Gasteiger partial charge in [-0.1, -0.05) is 18.9 Å². The molecule has 1 aliphatic rings. The maximum atomic E-state index is 10.9. The molecule has 2 rings (SSSR count). The maximum Gasteiger partial charge on any atom is 0.292 e. The lowest BCUT2D eigenvalue weighted by Crippen LogP contribution is -2.35. The number of nitro benzene ring substituents is 1. The Labute approximate surface area is 118 Å². The van der Waals surface area contributed by atoms with Crippen molar-refractivity contribution >= 4 is 11.4 Å². The molecule has 1 aromatic rings. The van der Waals surface area contributed by atoms with E-state index in [9.17, 15) is 15.2 Å². The Morgan fingerprint density at radius 2 is 2.10 bits per heavy atom. The molecule has 1 fully saturated rings. The fourth-order valence-electron chi connectivity index (χ4n) is 2.87. The first-order valence-corrected chi connectivity index (χ1v) is 6.99. The highest BCUT2D eigenvalue weighted by molar-refractivity contribution is 5.59. The molecule has 0 amide bonds. The molecule has 0 aromatic heterocycles. The largest absolute Gasteiger partial charge is 0.395 e. The van der Waals surface area contributed by atoms with E-state index in [4.69, 9.17) is 5.73 Å². The van der Waals surface area contributed by atoms with Crippen molar-refractivity contribution in [1.82, 2.24) is 4.90 Å². The molecule has 0 aliphatic heterocycles. The van der Waals surface area contributed by atoms with Gasteiger partial charge in [-0.3, -0.25) is 15.0 Å². The molecular weight excluding hydrogens is 258 g/mol. The van der Waals surface area contributed by atoms with Crippen molar-refractivity contribution in [3.63, 3.8) is 0 Å². The van der Waals surface area contributed by atoms with Crippen LogP contribution in [-0.4, -0.2) is 34.1 Å². The number of nitrogens with two attached hydrogens (primary N) is 1. The van der Waals surface area contributed by atoms with Crippen LogP contribution in [0.4, 0.5) is 11.4 Å². The fraction of sp³-hybridized carbons (Fsp3) is 0.571. The van der Waals surface area contributed by atoms with Crippen molar-refractivity contribution in [2.75, 3.05) is 18.9 Å². The molecule has 6 heteroatoms. The van der Waals surface area contributed by atoms with E-state index in [-0.39, 0.29) is 18.0 Å². The number of anilines is 1.